The first-order valence-corrected chi connectivity index (χ1v) is 8.87. The van der Waals surface area contributed by atoms with Crippen LogP contribution in [-0.2, 0) is 9.59 Å². The van der Waals surface area contributed by atoms with E-state index in [-0.39, 0.29) is 11.8 Å². The smallest absolute Gasteiger partial charge is 0.248 e. The van der Waals surface area contributed by atoms with Crippen LogP contribution in [0.25, 0.3) is 6.08 Å². The van der Waals surface area contributed by atoms with Gasteiger partial charge in [-0.2, -0.15) is 0 Å². The maximum Gasteiger partial charge on any atom is 0.248 e. The van der Waals surface area contributed by atoms with Crippen molar-refractivity contribution in [2.75, 3.05) is 16.9 Å². The molecule has 122 valence electrons. The number of hydrogen-bond donors (Lipinski definition) is 1. The highest BCUT2D eigenvalue weighted by Crippen LogP contribution is 2.23. The average molecular weight is 338 g/mol. The summed E-state index contributed by atoms with van der Waals surface area (Å²) in [6.07, 6.45) is 3.31. The summed E-state index contributed by atoms with van der Waals surface area (Å²) in [5.74, 6) is 0.860. The van der Waals surface area contributed by atoms with E-state index in [1.807, 2.05) is 60.7 Å². The van der Waals surface area contributed by atoms with E-state index in [0.717, 1.165) is 11.3 Å². The standard InChI is InChI=1S/C19H18N2O2S/c22-18(12-11-15-7-3-1-4-8-15)21-14-24-13-17(21)19(23)20-16-9-5-2-6-10-16/h1-12,17H,13-14H2,(H,20,23). The minimum atomic E-state index is -0.442. The Morgan fingerprint density at radius 3 is 2.42 bits per heavy atom. The second-order valence-corrected chi connectivity index (χ2v) is 6.42. The van der Waals surface area contributed by atoms with E-state index in [0.29, 0.717) is 11.6 Å². The molecule has 2 aromatic carbocycles. The van der Waals surface area contributed by atoms with Gasteiger partial charge in [0, 0.05) is 17.5 Å². The van der Waals surface area contributed by atoms with Crippen LogP contribution in [0, 0.1) is 0 Å². The van der Waals surface area contributed by atoms with E-state index in [4.69, 9.17) is 0 Å². The fourth-order valence-corrected chi connectivity index (χ4v) is 3.62. The van der Waals surface area contributed by atoms with Crippen molar-refractivity contribution in [1.82, 2.24) is 4.90 Å². The molecule has 1 aliphatic rings. The van der Waals surface area contributed by atoms with E-state index >= 15 is 0 Å². The van der Waals surface area contributed by atoms with Crippen molar-refractivity contribution in [3.8, 4) is 0 Å². The lowest BCUT2D eigenvalue weighted by atomic mass is 10.2. The molecule has 1 N–H and O–H groups in total. The Morgan fingerprint density at radius 1 is 1.04 bits per heavy atom. The first kappa shape index (κ1) is 16.3. The van der Waals surface area contributed by atoms with Crippen LogP contribution in [-0.4, -0.2) is 34.4 Å². The predicted octanol–water partition coefficient (Wildman–Crippen LogP) is 3.24. The zero-order chi connectivity index (χ0) is 16.8. The summed E-state index contributed by atoms with van der Waals surface area (Å²) < 4.78 is 0. The van der Waals surface area contributed by atoms with E-state index < -0.39 is 6.04 Å². The molecule has 5 heteroatoms. The fraction of sp³-hybridized carbons (Fsp3) is 0.158. The summed E-state index contributed by atoms with van der Waals surface area (Å²) in [6, 6.07) is 18.5. The maximum absolute atomic E-state index is 12.5. The van der Waals surface area contributed by atoms with Gasteiger partial charge in [-0.1, -0.05) is 48.5 Å². The molecule has 1 unspecified atom stereocenters. The van der Waals surface area contributed by atoms with Gasteiger partial charge in [-0.05, 0) is 23.8 Å². The molecule has 0 spiro atoms. The van der Waals surface area contributed by atoms with Gasteiger partial charge in [0.25, 0.3) is 0 Å². The number of rotatable bonds is 4. The number of para-hydroxylation sites is 1. The number of nitrogens with one attached hydrogen (secondary N) is 1. The average Bonchev–Trinajstić information content (AvgIpc) is 3.11. The number of amides is 2. The van der Waals surface area contributed by atoms with Gasteiger partial charge >= 0.3 is 0 Å². The maximum atomic E-state index is 12.5. The molecule has 1 atom stereocenters. The minimum Gasteiger partial charge on any atom is -0.324 e. The van der Waals surface area contributed by atoms with Crippen LogP contribution in [0.1, 0.15) is 5.56 Å². The molecule has 0 aromatic heterocycles. The van der Waals surface area contributed by atoms with E-state index in [2.05, 4.69) is 5.32 Å². The second-order valence-electron chi connectivity index (χ2n) is 5.42. The Bertz CT molecular complexity index is 732. The summed E-state index contributed by atoms with van der Waals surface area (Å²) in [7, 11) is 0. The predicted molar refractivity (Wildman–Crippen MR) is 98.5 cm³/mol. The molecule has 0 aliphatic carbocycles. The first-order valence-electron chi connectivity index (χ1n) is 7.71. The third-order valence-corrected chi connectivity index (χ3v) is 4.74. The Labute approximate surface area is 145 Å². The topological polar surface area (TPSA) is 49.4 Å². The molecule has 3 rings (SSSR count). The molecule has 24 heavy (non-hydrogen) atoms. The molecule has 1 fully saturated rings. The summed E-state index contributed by atoms with van der Waals surface area (Å²) in [5, 5.41) is 2.87. The molecule has 0 radical (unpaired) electrons. The van der Waals surface area contributed by atoms with Crippen LogP contribution in [0.2, 0.25) is 0 Å². The van der Waals surface area contributed by atoms with Gasteiger partial charge in [-0.15, -0.1) is 11.8 Å². The van der Waals surface area contributed by atoms with Gasteiger partial charge in [0.15, 0.2) is 0 Å². The van der Waals surface area contributed by atoms with E-state index in [9.17, 15) is 9.59 Å². The summed E-state index contributed by atoms with van der Waals surface area (Å²) >= 11 is 1.59. The Balaban J connectivity index is 1.65. The highest BCUT2D eigenvalue weighted by molar-refractivity contribution is 7.99. The summed E-state index contributed by atoms with van der Waals surface area (Å²) in [6.45, 7) is 0. The number of anilines is 1. The monoisotopic (exact) mass is 338 g/mol. The lowest BCUT2D eigenvalue weighted by molar-refractivity contribution is -0.132. The Morgan fingerprint density at radius 2 is 1.71 bits per heavy atom. The van der Waals surface area contributed by atoms with Gasteiger partial charge in [0.05, 0.1) is 5.88 Å². The van der Waals surface area contributed by atoms with Gasteiger partial charge in [0.2, 0.25) is 11.8 Å². The number of thioether (sulfide) groups is 1. The van der Waals surface area contributed by atoms with Crippen LogP contribution >= 0.6 is 11.8 Å². The van der Waals surface area contributed by atoms with Gasteiger partial charge < -0.3 is 10.2 Å². The zero-order valence-corrected chi connectivity index (χ0v) is 13.9. The number of nitrogens with zero attached hydrogens (tertiary/aromatic N) is 1. The van der Waals surface area contributed by atoms with Crippen molar-refractivity contribution in [2.24, 2.45) is 0 Å². The Hall–Kier alpha value is -2.53. The zero-order valence-electron chi connectivity index (χ0n) is 13.1. The van der Waals surface area contributed by atoms with Crippen molar-refractivity contribution in [1.29, 1.82) is 0 Å². The molecule has 1 heterocycles. The van der Waals surface area contributed by atoms with E-state index in [1.54, 1.807) is 22.7 Å². The molecule has 0 bridgehead atoms. The molecule has 1 aliphatic heterocycles. The molecular formula is C19H18N2O2S. The highest BCUT2D eigenvalue weighted by atomic mass is 32.2. The van der Waals surface area contributed by atoms with Crippen molar-refractivity contribution in [3.63, 3.8) is 0 Å². The van der Waals surface area contributed by atoms with Crippen molar-refractivity contribution >= 4 is 35.3 Å². The quantitative estimate of drug-likeness (QED) is 0.871. The molecule has 4 nitrogen and oxygen atoms in total. The molecule has 1 saturated heterocycles. The number of benzene rings is 2. The number of hydrogen-bond acceptors (Lipinski definition) is 3. The molecular weight excluding hydrogens is 320 g/mol. The van der Waals surface area contributed by atoms with E-state index in [1.165, 1.54) is 6.08 Å². The normalized spacial score (nSPS) is 17.2. The van der Waals surface area contributed by atoms with Gasteiger partial charge in [-0.3, -0.25) is 9.59 Å². The Kier molecular flexibility index (Phi) is 5.33. The minimum absolute atomic E-state index is 0.142. The third-order valence-electron chi connectivity index (χ3n) is 3.73. The van der Waals surface area contributed by atoms with Crippen LogP contribution in [0.5, 0.6) is 0 Å². The van der Waals surface area contributed by atoms with Crippen molar-refractivity contribution < 1.29 is 9.59 Å². The SMILES string of the molecule is O=C(Nc1ccccc1)C1CSCN1C(=O)C=Cc1ccccc1. The van der Waals surface area contributed by atoms with Gasteiger partial charge in [0.1, 0.15) is 6.04 Å². The van der Waals surface area contributed by atoms with Crippen LogP contribution in [0.4, 0.5) is 5.69 Å². The largest absolute Gasteiger partial charge is 0.324 e. The van der Waals surface area contributed by atoms with Crippen LogP contribution < -0.4 is 5.32 Å². The third kappa shape index (κ3) is 4.06. The molecule has 2 amide bonds. The first-order chi connectivity index (χ1) is 11.7. The second kappa shape index (κ2) is 7.84. The summed E-state index contributed by atoms with van der Waals surface area (Å²) in [4.78, 5) is 26.5. The van der Waals surface area contributed by atoms with Gasteiger partial charge in [-0.25, -0.2) is 0 Å². The highest BCUT2D eigenvalue weighted by Gasteiger charge is 2.33. The lowest BCUT2D eigenvalue weighted by Gasteiger charge is -2.21. The molecule has 2 aromatic rings. The van der Waals surface area contributed by atoms with Crippen molar-refractivity contribution in [2.45, 2.75) is 6.04 Å². The molecule has 0 saturated carbocycles. The van der Waals surface area contributed by atoms with Crippen LogP contribution in [0.3, 0.4) is 0 Å². The number of carbonyl (C=O) groups is 2. The fourth-order valence-electron chi connectivity index (χ4n) is 2.45. The van der Waals surface area contributed by atoms with Crippen LogP contribution in [0.15, 0.2) is 66.7 Å². The van der Waals surface area contributed by atoms with Crippen molar-refractivity contribution in [3.05, 3.63) is 72.3 Å². The number of carbonyl (C=O) groups excluding carboxylic acids is 2. The lowest BCUT2D eigenvalue weighted by Crippen LogP contribution is -2.43. The summed E-state index contributed by atoms with van der Waals surface area (Å²) in [5.41, 5.74) is 1.70.